The van der Waals surface area contributed by atoms with Gasteiger partial charge < -0.3 is 20.4 Å². The van der Waals surface area contributed by atoms with Crippen molar-refractivity contribution < 1.29 is 14.5 Å². The van der Waals surface area contributed by atoms with Crippen LogP contribution in [0.3, 0.4) is 0 Å². The Bertz CT molecular complexity index is 656. The first-order chi connectivity index (χ1) is 13.4. The zero-order chi connectivity index (χ0) is 20.5. The number of quaternary nitrogens is 1. The van der Waals surface area contributed by atoms with Gasteiger partial charge in [0.15, 0.2) is 0 Å². The highest BCUT2D eigenvalue weighted by Gasteiger charge is 2.31. The molecule has 0 aliphatic carbocycles. The van der Waals surface area contributed by atoms with Crippen molar-refractivity contribution in [2.45, 2.75) is 59.4 Å². The van der Waals surface area contributed by atoms with Gasteiger partial charge in [-0.15, -0.1) is 0 Å². The molecule has 1 aromatic rings. The normalized spacial score (nSPS) is 16.7. The summed E-state index contributed by atoms with van der Waals surface area (Å²) in [6, 6.07) is 5.73. The number of nitrogens with zero attached hydrogens (tertiary/aromatic N) is 1. The van der Waals surface area contributed by atoms with E-state index in [1.807, 2.05) is 25.1 Å². The highest BCUT2D eigenvalue weighted by Crippen LogP contribution is 2.24. The number of rotatable bonds is 10. The van der Waals surface area contributed by atoms with Crippen LogP contribution in [0, 0.1) is 13.8 Å². The van der Waals surface area contributed by atoms with Gasteiger partial charge in [-0.2, -0.15) is 0 Å². The fraction of sp³-hybridized carbons (Fsp3) is 0.636. The van der Waals surface area contributed by atoms with E-state index in [1.165, 1.54) is 37.1 Å². The topological polar surface area (TPSA) is 65.9 Å². The smallest absolute Gasteiger partial charge is 0.315 e. The van der Waals surface area contributed by atoms with Gasteiger partial charge in [-0.05, 0) is 49.9 Å². The first-order valence-electron chi connectivity index (χ1n) is 10.7. The molecular weight excluding hydrogens is 352 g/mol. The van der Waals surface area contributed by atoms with Gasteiger partial charge in [0.2, 0.25) is 5.91 Å². The molecule has 1 heterocycles. The zero-order valence-electron chi connectivity index (χ0n) is 17.9. The lowest BCUT2D eigenvalue weighted by Crippen LogP contribution is -3.12. The predicted molar refractivity (Wildman–Crippen MR) is 114 cm³/mol. The average molecular weight is 390 g/mol. The fourth-order valence-corrected chi connectivity index (χ4v) is 3.81. The molecule has 0 unspecified atom stereocenters. The summed E-state index contributed by atoms with van der Waals surface area (Å²) in [5.74, 6) is 0.0620. The van der Waals surface area contributed by atoms with Crippen LogP contribution in [0.1, 0.15) is 50.7 Å². The van der Waals surface area contributed by atoms with Crippen LogP contribution in [0.4, 0.5) is 10.5 Å². The second-order valence-corrected chi connectivity index (χ2v) is 7.93. The molecule has 3 N–H and O–H groups in total. The minimum Gasteiger partial charge on any atom is -0.338 e. The van der Waals surface area contributed by atoms with Crippen molar-refractivity contribution >= 4 is 17.6 Å². The summed E-state index contributed by atoms with van der Waals surface area (Å²) in [6.07, 6.45) is 3.71. The van der Waals surface area contributed by atoms with Crippen molar-refractivity contribution in [2.75, 3.05) is 37.6 Å². The molecule has 0 saturated carbocycles. The number of hydrogen-bond donors (Lipinski definition) is 3. The first-order valence-corrected chi connectivity index (χ1v) is 10.7. The number of benzene rings is 1. The van der Waals surface area contributed by atoms with Crippen LogP contribution in [0.15, 0.2) is 18.2 Å². The summed E-state index contributed by atoms with van der Waals surface area (Å²) in [6.45, 7) is 13.2. The molecule has 0 radical (unpaired) electrons. The second kappa shape index (κ2) is 11.1. The molecule has 0 aromatic heterocycles. The summed E-state index contributed by atoms with van der Waals surface area (Å²) < 4.78 is 0. The molecule has 1 fully saturated rings. The summed E-state index contributed by atoms with van der Waals surface area (Å²) in [4.78, 5) is 27.9. The quantitative estimate of drug-likeness (QED) is 0.534. The van der Waals surface area contributed by atoms with Crippen LogP contribution in [-0.4, -0.2) is 50.7 Å². The molecule has 156 valence electrons. The SMILES string of the molecule is CCC[NH+](CCC)CCCNC(=O)N[C@@H]1CC(=O)N(c2ccc(C)c(C)c2)C1. The van der Waals surface area contributed by atoms with Crippen molar-refractivity contribution in [3.8, 4) is 0 Å². The van der Waals surface area contributed by atoms with Gasteiger partial charge in [-0.25, -0.2) is 4.79 Å². The third-order valence-electron chi connectivity index (χ3n) is 5.46. The van der Waals surface area contributed by atoms with E-state index in [4.69, 9.17) is 0 Å². The van der Waals surface area contributed by atoms with Crippen molar-refractivity contribution in [3.63, 3.8) is 0 Å². The molecule has 1 aliphatic heterocycles. The van der Waals surface area contributed by atoms with Crippen molar-refractivity contribution in [1.82, 2.24) is 10.6 Å². The minimum absolute atomic E-state index is 0.0620. The van der Waals surface area contributed by atoms with Gasteiger partial charge in [-0.3, -0.25) is 4.79 Å². The minimum atomic E-state index is -0.174. The standard InChI is InChI=1S/C22H36N4O2/c1-5-11-25(12-6-2)13-7-10-23-22(28)24-19-15-21(27)26(16-19)20-9-8-17(3)18(4)14-20/h8-9,14,19H,5-7,10-13,15-16H2,1-4H3,(H2,23,24,28)/p+1/t19-/m1/s1. The zero-order valence-corrected chi connectivity index (χ0v) is 17.9. The maximum absolute atomic E-state index is 12.4. The lowest BCUT2D eigenvalue weighted by atomic mass is 10.1. The molecule has 3 amide bonds. The molecule has 28 heavy (non-hydrogen) atoms. The largest absolute Gasteiger partial charge is 0.338 e. The van der Waals surface area contributed by atoms with Crippen molar-refractivity contribution in [1.29, 1.82) is 0 Å². The van der Waals surface area contributed by atoms with E-state index in [0.717, 1.165) is 18.7 Å². The maximum Gasteiger partial charge on any atom is 0.315 e. The highest BCUT2D eigenvalue weighted by molar-refractivity contribution is 5.96. The lowest BCUT2D eigenvalue weighted by molar-refractivity contribution is -0.900. The number of aryl methyl sites for hydroxylation is 2. The Balaban J connectivity index is 1.74. The van der Waals surface area contributed by atoms with E-state index in [0.29, 0.717) is 19.5 Å². The summed E-state index contributed by atoms with van der Waals surface area (Å²) >= 11 is 0. The Morgan fingerprint density at radius 2 is 1.86 bits per heavy atom. The van der Waals surface area contributed by atoms with Gasteiger partial charge in [0.1, 0.15) is 0 Å². The van der Waals surface area contributed by atoms with Gasteiger partial charge in [0.25, 0.3) is 0 Å². The number of nitrogens with one attached hydrogen (secondary N) is 3. The molecule has 6 heteroatoms. The number of carbonyl (C=O) groups excluding carboxylic acids is 2. The lowest BCUT2D eigenvalue weighted by Gasteiger charge is -2.19. The van der Waals surface area contributed by atoms with Gasteiger partial charge in [0.05, 0.1) is 25.7 Å². The van der Waals surface area contributed by atoms with Crippen LogP contribution in [0.25, 0.3) is 0 Å². The third-order valence-corrected chi connectivity index (χ3v) is 5.46. The van der Waals surface area contributed by atoms with Crippen LogP contribution >= 0.6 is 0 Å². The van der Waals surface area contributed by atoms with Crippen LogP contribution in [-0.2, 0) is 4.79 Å². The van der Waals surface area contributed by atoms with E-state index in [9.17, 15) is 9.59 Å². The molecule has 0 bridgehead atoms. The van der Waals surface area contributed by atoms with E-state index in [-0.39, 0.29) is 18.0 Å². The van der Waals surface area contributed by atoms with E-state index in [2.05, 4.69) is 31.4 Å². The summed E-state index contributed by atoms with van der Waals surface area (Å²) in [5.41, 5.74) is 3.29. The van der Waals surface area contributed by atoms with E-state index in [1.54, 1.807) is 9.80 Å². The number of urea groups is 1. The number of anilines is 1. The van der Waals surface area contributed by atoms with Crippen molar-refractivity contribution in [3.05, 3.63) is 29.3 Å². The van der Waals surface area contributed by atoms with Crippen LogP contribution in [0.2, 0.25) is 0 Å². The Labute approximate surface area is 169 Å². The van der Waals surface area contributed by atoms with Gasteiger partial charge in [-0.1, -0.05) is 19.9 Å². The van der Waals surface area contributed by atoms with Crippen LogP contribution < -0.4 is 20.4 Å². The molecule has 1 saturated heterocycles. The number of carbonyl (C=O) groups is 2. The average Bonchev–Trinajstić information content (AvgIpc) is 3.01. The Kier molecular flexibility index (Phi) is 8.77. The maximum atomic E-state index is 12.4. The molecular formula is C22H37N4O2+. The Morgan fingerprint density at radius 1 is 1.14 bits per heavy atom. The molecule has 1 aliphatic rings. The van der Waals surface area contributed by atoms with Gasteiger partial charge >= 0.3 is 6.03 Å². The highest BCUT2D eigenvalue weighted by atomic mass is 16.2. The predicted octanol–water partition coefficient (Wildman–Crippen LogP) is 1.80. The first kappa shape index (κ1) is 22.2. The van der Waals surface area contributed by atoms with E-state index >= 15 is 0 Å². The van der Waals surface area contributed by atoms with Crippen LogP contribution in [0.5, 0.6) is 0 Å². The summed E-state index contributed by atoms with van der Waals surface area (Å²) in [5, 5.41) is 5.90. The molecule has 2 rings (SSSR count). The molecule has 1 aromatic carbocycles. The van der Waals surface area contributed by atoms with Crippen molar-refractivity contribution in [2.24, 2.45) is 0 Å². The van der Waals surface area contributed by atoms with E-state index < -0.39 is 0 Å². The number of hydrogen-bond acceptors (Lipinski definition) is 2. The monoisotopic (exact) mass is 389 g/mol. The third kappa shape index (κ3) is 6.51. The van der Waals surface area contributed by atoms with Gasteiger partial charge in [0, 0.05) is 31.6 Å². The number of amides is 3. The summed E-state index contributed by atoms with van der Waals surface area (Å²) in [7, 11) is 0. The Hall–Kier alpha value is -2.08. The fourth-order valence-electron chi connectivity index (χ4n) is 3.81. The molecule has 1 atom stereocenters. The Morgan fingerprint density at radius 3 is 2.50 bits per heavy atom. The molecule has 6 nitrogen and oxygen atoms in total. The second-order valence-electron chi connectivity index (χ2n) is 7.93. The molecule has 0 spiro atoms.